The van der Waals surface area contributed by atoms with E-state index < -0.39 is 0 Å². The van der Waals surface area contributed by atoms with Crippen LogP contribution < -0.4 is 10.6 Å². The van der Waals surface area contributed by atoms with Gasteiger partial charge in [0.2, 0.25) is 0 Å². The van der Waals surface area contributed by atoms with Crippen molar-refractivity contribution in [3.05, 3.63) is 58.9 Å². The minimum atomic E-state index is -0.248. The number of nitrogens with two attached hydrogens (primary N) is 1. The number of benzene rings is 2. The monoisotopic (exact) mass is 272 g/mol. The van der Waals surface area contributed by atoms with Crippen molar-refractivity contribution < 1.29 is 4.39 Å². The van der Waals surface area contributed by atoms with Crippen molar-refractivity contribution in [2.75, 3.05) is 11.9 Å². The fourth-order valence-electron chi connectivity index (χ4n) is 2.39. The van der Waals surface area contributed by atoms with E-state index >= 15 is 0 Å². The molecule has 3 heteroatoms. The standard InChI is InChI=1S/C17H21FN2/c1-11-5-7-16(12(2)9-11)20(4)17-8-6-14(13(3)19)10-15(17)18/h5-10,13H,19H2,1-4H3. The van der Waals surface area contributed by atoms with Crippen molar-refractivity contribution in [2.24, 2.45) is 5.73 Å². The topological polar surface area (TPSA) is 29.3 Å². The molecule has 0 aliphatic carbocycles. The predicted molar refractivity (Wildman–Crippen MR) is 83.0 cm³/mol. The van der Waals surface area contributed by atoms with Crippen molar-refractivity contribution in [3.63, 3.8) is 0 Å². The highest BCUT2D eigenvalue weighted by atomic mass is 19.1. The molecule has 0 spiro atoms. The maximum Gasteiger partial charge on any atom is 0.147 e. The summed E-state index contributed by atoms with van der Waals surface area (Å²) < 4.78 is 14.3. The molecule has 0 bridgehead atoms. The van der Waals surface area contributed by atoms with Crippen LogP contribution in [0, 0.1) is 19.7 Å². The van der Waals surface area contributed by atoms with E-state index in [4.69, 9.17) is 5.73 Å². The average molecular weight is 272 g/mol. The Kier molecular flexibility index (Phi) is 4.09. The Balaban J connectivity index is 2.40. The third-order valence-corrected chi connectivity index (χ3v) is 3.57. The lowest BCUT2D eigenvalue weighted by Crippen LogP contribution is -2.13. The van der Waals surface area contributed by atoms with Gasteiger partial charge in [-0.3, -0.25) is 0 Å². The van der Waals surface area contributed by atoms with Gasteiger partial charge in [0.1, 0.15) is 5.82 Å². The minimum absolute atomic E-state index is 0.162. The van der Waals surface area contributed by atoms with Gasteiger partial charge in [0.25, 0.3) is 0 Å². The molecular formula is C17H21FN2. The highest BCUT2D eigenvalue weighted by Gasteiger charge is 2.13. The van der Waals surface area contributed by atoms with Gasteiger partial charge in [-0.1, -0.05) is 23.8 Å². The van der Waals surface area contributed by atoms with Crippen LogP contribution in [0.5, 0.6) is 0 Å². The van der Waals surface area contributed by atoms with Crippen LogP contribution in [0.1, 0.15) is 29.7 Å². The fourth-order valence-corrected chi connectivity index (χ4v) is 2.39. The zero-order chi connectivity index (χ0) is 14.9. The van der Waals surface area contributed by atoms with Gasteiger partial charge >= 0.3 is 0 Å². The Bertz CT molecular complexity index is 620. The van der Waals surface area contributed by atoms with Crippen LogP contribution in [0.15, 0.2) is 36.4 Å². The van der Waals surface area contributed by atoms with Crippen LogP contribution in [0.25, 0.3) is 0 Å². The van der Waals surface area contributed by atoms with Gasteiger partial charge < -0.3 is 10.6 Å². The molecule has 2 aromatic rings. The predicted octanol–water partition coefficient (Wildman–Crippen LogP) is 4.23. The molecule has 20 heavy (non-hydrogen) atoms. The van der Waals surface area contributed by atoms with Crippen LogP contribution in [0.4, 0.5) is 15.8 Å². The van der Waals surface area contributed by atoms with E-state index in [9.17, 15) is 4.39 Å². The number of hydrogen-bond acceptors (Lipinski definition) is 2. The van der Waals surface area contributed by atoms with Gasteiger partial charge in [0.05, 0.1) is 5.69 Å². The Morgan fingerprint density at radius 2 is 1.70 bits per heavy atom. The van der Waals surface area contributed by atoms with Gasteiger partial charge in [-0.2, -0.15) is 0 Å². The molecule has 0 aliphatic rings. The Hall–Kier alpha value is -1.87. The van der Waals surface area contributed by atoms with Crippen LogP contribution in [0.3, 0.4) is 0 Å². The molecule has 0 radical (unpaired) electrons. The van der Waals surface area contributed by atoms with Gasteiger partial charge in [0.15, 0.2) is 0 Å². The molecular weight excluding hydrogens is 251 g/mol. The number of aryl methyl sites for hydroxylation is 2. The number of rotatable bonds is 3. The van der Waals surface area contributed by atoms with E-state index in [-0.39, 0.29) is 11.9 Å². The highest BCUT2D eigenvalue weighted by molar-refractivity contribution is 5.66. The molecule has 0 aromatic heterocycles. The lowest BCUT2D eigenvalue weighted by Gasteiger charge is -2.23. The first-order valence-electron chi connectivity index (χ1n) is 6.76. The number of hydrogen-bond donors (Lipinski definition) is 1. The Morgan fingerprint density at radius 1 is 1.05 bits per heavy atom. The minimum Gasteiger partial charge on any atom is -0.342 e. The van der Waals surface area contributed by atoms with Crippen molar-refractivity contribution in [2.45, 2.75) is 26.8 Å². The molecule has 0 fully saturated rings. The molecule has 0 aliphatic heterocycles. The maximum atomic E-state index is 14.3. The Labute approximate surface area is 120 Å². The highest BCUT2D eigenvalue weighted by Crippen LogP contribution is 2.30. The number of anilines is 2. The SMILES string of the molecule is Cc1ccc(N(C)c2ccc(C(C)N)cc2F)c(C)c1. The van der Waals surface area contributed by atoms with Crippen LogP contribution >= 0.6 is 0 Å². The first kappa shape index (κ1) is 14.5. The molecule has 106 valence electrons. The maximum absolute atomic E-state index is 14.3. The number of halogens is 1. The summed E-state index contributed by atoms with van der Waals surface area (Å²) >= 11 is 0. The van der Waals surface area contributed by atoms with Crippen molar-refractivity contribution >= 4 is 11.4 Å². The van der Waals surface area contributed by atoms with E-state index in [1.807, 2.05) is 44.0 Å². The largest absolute Gasteiger partial charge is 0.342 e. The zero-order valence-corrected chi connectivity index (χ0v) is 12.4. The summed E-state index contributed by atoms with van der Waals surface area (Å²) in [5.41, 5.74) is 10.5. The summed E-state index contributed by atoms with van der Waals surface area (Å²) in [6.07, 6.45) is 0. The van der Waals surface area contributed by atoms with E-state index in [2.05, 4.69) is 13.0 Å². The quantitative estimate of drug-likeness (QED) is 0.906. The van der Waals surface area contributed by atoms with E-state index in [1.165, 1.54) is 11.6 Å². The van der Waals surface area contributed by atoms with Gasteiger partial charge in [0, 0.05) is 18.8 Å². The summed E-state index contributed by atoms with van der Waals surface area (Å²) in [6, 6.07) is 11.2. The van der Waals surface area contributed by atoms with Gasteiger partial charge in [-0.25, -0.2) is 4.39 Å². The number of nitrogens with zero attached hydrogens (tertiary/aromatic N) is 1. The van der Waals surface area contributed by atoms with Crippen molar-refractivity contribution in [1.82, 2.24) is 0 Å². The molecule has 2 nitrogen and oxygen atoms in total. The summed E-state index contributed by atoms with van der Waals surface area (Å²) in [7, 11) is 1.88. The molecule has 0 amide bonds. The Morgan fingerprint density at radius 3 is 2.25 bits per heavy atom. The molecule has 0 saturated heterocycles. The third-order valence-electron chi connectivity index (χ3n) is 3.57. The molecule has 0 saturated carbocycles. The molecule has 2 N–H and O–H groups in total. The smallest absolute Gasteiger partial charge is 0.147 e. The van der Waals surface area contributed by atoms with E-state index in [0.29, 0.717) is 5.69 Å². The first-order valence-corrected chi connectivity index (χ1v) is 6.76. The van der Waals surface area contributed by atoms with Crippen LogP contribution in [-0.4, -0.2) is 7.05 Å². The second-order valence-electron chi connectivity index (χ2n) is 5.35. The second kappa shape index (κ2) is 5.63. The van der Waals surface area contributed by atoms with Crippen molar-refractivity contribution in [1.29, 1.82) is 0 Å². The summed E-state index contributed by atoms with van der Waals surface area (Å²) in [6.45, 7) is 5.93. The second-order valence-corrected chi connectivity index (χ2v) is 5.35. The molecule has 0 heterocycles. The van der Waals surface area contributed by atoms with Crippen LogP contribution in [0.2, 0.25) is 0 Å². The van der Waals surface area contributed by atoms with Gasteiger partial charge in [-0.05, 0) is 50.1 Å². The fraction of sp³-hybridized carbons (Fsp3) is 0.294. The molecule has 2 aromatic carbocycles. The third kappa shape index (κ3) is 2.83. The zero-order valence-electron chi connectivity index (χ0n) is 12.4. The van der Waals surface area contributed by atoms with E-state index in [1.54, 1.807) is 6.07 Å². The molecule has 1 atom stereocenters. The van der Waals surface area contributed by atoms with E-state index in [0.717, 1.165) is 16.8 Å². The van der Waals surface area contributed by atoms with Crippen molar-refractivity contribution in [3.8, 4) is 0 Å². The summed E-state index contributed by atoms with van der Waals surface area (Å²) in [5, 5.41) is 0. The lowest BCUT2D eigenvalue weighted by atomic mass is 10.1. The summed E-state index contributed by atoms with van der Waals surface area (Å²) in [4.78, 5) is 1.87. The van der Waals surface area contributed by atoms with Crippen LogP contribution in [-0.2, 0) is 0 Å². The normalized spacial score (nSPS) is 12.3. The summed E-state index contributed by atoms with van der Waals surface area (Å²) in [5.74, 6) is -0.248. The van der Waals surface area contributed by atoms with Gasteiger partial charge in [-0.15, -0.1) is 0 Å². The average Bonchev–Trinajstić information content (AvgIpc) is 2.37. The lowest BCUT2D eigenvalue weighted by molar-refractivity contribution is 0.622. The molecule has 1 unspecified atom stereocenters. The first-order chi connectivity index (χ1) is 9.40. The molecule has 2 rings (SSSR count).